The molecule has 0 radical (unpaired) electrons. The lowest BCUT2D eigenvalue weighted by atomic mass is 9.69. The molecular weight excluding hydrogens is 256 g/mol. The molecule has 0 saturated heterocycles. The summed E-state index contributed by atoms with van der Waals surface area (Å²) >= 11 is 0. The van der Waals surface area contributed by atoms with Crippen molar-refractivity contribution in [2.45, 2.75) is 79.1 Å². The van der Waals surface area contributed by atoms with E-state index in [0.29, 0.717) is 6.42 Å². The topological polar surface area (TPSA) is 80.9 Å². The SMILES string of the molecule is CC(O)C(C)C(C)(C)C(O)CC(C)(O)CC(C)(C)CO. The Kier molecular flexibility index (Phi) is 6.68. The van der Waals surface area contributed by atoms with Crippen LogP contribution in [0.2, 0.25) is 0 Å². The number of hydrogen-bond donors (Lipinski definition) is 4. The van der Waals surface area contributed by atoms with Gasteiger partial charge in [-0.15, -0.1) is 0 Å². The van der Waals surface area contributed by atoms with Gasteiger partial charge in [-0.05, 0) is 37.0 Å². The summed E-state index contributed by atoms with van der Waals surface area (Å²) in [6, 6.07) is 0. The third kappa shape index (κ3) is 5.68. The van der Waals surface area contributed by atoms with E-state index in [4.69, 9.17) is 0 Å². The van der Waals surface area contributed by atoms with Gasteiger partial charge >= 0.3 is 0 Å². The van der Waals surface area contributed by atoms with Gasteiger partial charge in [-0.1, -0.05) is 34.6 Å². The Morgan fingerprint density at radius 2 is 1.40 bits per heavy atom. The average molecular weight is 290 g/mol. The van der Waals surface area contributed by atoms with Crippen molar-refractivity contribution >= 4 is 0 Å². The molecule has 0 heterocycles. The fraction of sp³-hybridized carbons (Fsp3) is 1.00. The van der Waals surface area contributed by atoms with E-state index in [1.165, 1.54) is 0 Å². The lowest BCUT2D eigenvalue weighted by Crippen LogP contribution is -2.45. The zero-order valence-corrected chi connectivity index (χ0v) is 14.1. The van der Waals surface area contributed by atoms with Crippen LogP contribution in [0.25, 0.3) is 0 Å². The highest BCUT2D eigenvalue weighted by atomic mass is 16.3. The van der Waals surface area contributed by atoms with Crippen molar-refractivity contribution in [1.82, 2.24) is 0 Å². The summed E-state index contributed by atoms with van der Waals surface area (Å²) in [4.78, 5) is 0. The Morgan fingerprint density at radius 3 is 1.75 bits per heavy atom. The van der Waals surface area contributed by atoms with Crippen LogP contribution in [0.4, 0.5) is 0 Å². The van der Waals surface area contributed by atoms with Gasteiger partial charge in [0.2, 0.25) is 0 Å². The first-order valence-corrected chi connectivity index (χ1v) is 7.44. The Balaban J connectivity index is 4.85. The molecule has 4 nitrogen and oxygen atoms in total. The summed E-state index contributed by atoms with van der Waals surface area (Å²) in [6.45, 7) is 12.9. The Hall–Kier alpha value is -0.160. The fourth-order valence-corrected chi connectivity index (χ4v) is 2.76. The van der Waals surface area contributed by atoms with E-state index < -0.39 is 23.2 Å². The van der Waals surface area contributed by atoms with E-state index in [0.717, 1.165) is 0 Å². The highest BCUT2D eigenvalue weighted by Crippen LogP contribution is 2.39. The van der Waals surface area contributed by atoms with Gasteiger partial charge in [0.15, 0.2) is 0 Å². The van der Waals surface area contributed by atoms with Crippen LogP contribution in [-0.2, 0) is 0 Å². The molecule has 4 atom stereocenters. The smallest absolute Gasteiger partial charge is 0.0650 e. The molecule has 0 spiro atoms. The Labute approximate surface area is 123 Å². The van der Waals surface area contributed by atoms with Crippen LogP contribution in [0, 0.1) is 16.7 Å². The van der Waals surface area contributed by atoms with Crippen molar-refractivity contribution in [3.63, 3.8) is 0 Å². The van der Waals surface area contributed by atoms with E-state index in [-0.39, 0.29) is 24.4 Å². The predicted octanol–water partition coefficient (Wildman–Crippen LogP) is 1.94. The van der Waals surface area contributed by atoms with Crippen molar-refractivity contribution in [1.29, 1.82) is 0 Å². The molecule has 20 heavy (non-hydrogen) atoms. The van der Waals surface area contributed by atoms with Crippen molar-refractivity contribution < 1.29 is 20.4 Å². The van der Waals surface area contributed by atoms with Crippen molar-refractivity contribution in [3.05, 3.63) is 0 Å². The first kappa shape index (κ1) is 19.8. The van der Waals surface area contributed by atoms with E-state index >= 15 is 0 Å². The molecule has 0 fully saturated rings. The zero-order valence-electron chi connectivity index (χ0n) is 14.1. The quantitative estimate of drug-likeness (QED) is 0.551. The normalized spacial score (nSPS) is 21.1. The highest BCUT2D eigenvalue weighted by Gasteiger charge is 2.41. The van der Waals surface area contributed by atoms with Gasteiger partial charge in [0.25, 0.3) is 0 Å². The van der Waals surface area contributed by atoms with Crippen molar-refractivity contribution in [2.75, 3.05) is 6.61 Å². The van der Waals surface area contributed by atoms with Crippen LogP contribution in [0.15, 0.2) is 0 Å². The number of aliphatic hydroxyl groups excluding tert-OH is 3. The van der Waals surface area contributed by atoms with Crippen LogP contribution >= 0.6 is 0 Å². The number of aliphatic hydroxyl groups is 4. The second-order valence-corrected chi connectivity index (χ2v) is 8.07. The van der Waals surface area contributed by atoms with Gasteiger partial charge < -0.3 is 20.4 Å². The van der Waals surface area contributed by atoms with Crippen LogP contribution in [0.1, 0.15) is 61.3 Å². The minimum Gasteiger partial charge on any atom is -0.396 e. The first-order valence-electron chi connectivity index (χ1n) is 7.44. The van der Waals surface area contributed by atoms with Gasteiger partial charge in [0, 0.05) is 13.0 Å². The first-order chi connectivity index (χ1) is 8.75. The molecule has 4 unspecified atom stereocenters. The third-order valence-corrected chi connectivity index (χ3v) is 4.68. The van der Waals surface area contributed by atoms with Crippen LogP contribution in [0.3, 0.4) is 0 Å². The van der Waals surface area contributed by atoms with E-state index in [1.807, 2.05) is 34.6 Å². The molecule has 0 rings (SSSR count). The minimum absolute atomic E-state index is 0.00723. The average Bonchev–Trinajstić information content (AvgIpc) is 2.25. The summed E-state index contributed by atoms with van der Waals surface area (Å²) in [5.41, 5.74) is -1.94. The second kappa shape index (κ2) is 6.73. The maximum absolute atomic E-state index is 10.5. The highest BCUT2D eigenvalue weighted by molar-refractivity contribution is 4.91. The summed E-state index contributed by atoms with van der Waals surface area (Å²) in [5, 5.41) is 40.0. The molecule has 0 aromatic carbocycles. The Morgan fingerprint density at radius 1 is 0.950 bits per heavy atom. The molecule has 0 aliphatic heterocycles. The van der Waals surface area contributed by atoms with Gasteiger partial charge in [0.05, 0.1) is 17.8 Å². The predicted molar refractivity (Wildman–Crippen MR) is 81.4 cm³/mol. The molecule has 122 valence electrons. The van der Waals surface area contributed by atoms with Gasteiger partial charge in [-0.25, -0.2) is 0 Å². The summed E-state index contributed by atoms with van der Waals surface area (Å²) in [5.74, 6) is -0.0841. The maximum Gasteiger partial charge on any atom is 0.0650 e. The molecule has 0 aromatic rings. The molecule has 0 saturated carbocycles. The van der Waals surface area contributed by atoms with Crippen LogP contribution < -0.4 is 0 Å². The number of rotatable bonds is 8. The van der Waals surface area contributed by atoms with E-state index in [2.05, 4.69) is 0 Å². The van der Waals surface area contributed by atoms with Crippen LogP contribution in [-0.4, -0.2) is 44.8 Å². The van der Waals surface area contributed by atoms with E-state index in [1.54, 1.807) is 13.8 Å². The molecule has 0 bridgehead atoms. The molecular formula is C16H34O4. The summed E-state index contributed by atoms with van der Waals surface area (Å²) < 4.78 is 0. The summed E-state index contributed by atoms with van der Waals surface area (Å²) in [7, 11) is 0. The molecule has 0 aliphatic rings. The lowest BCUT2D eigenvalue weighted by molar-refractivity contribution is -0.0906. The molecule has 0 aliphatic carbocycles. The van der Waals surface area contributed by atoms with Gasteiger partial charge in [-0.2, -0.15) is 0 Å². The minimum atomic E-state index is -1.05. The second-order valence-electron chi connectivity index (χ2n) is 8.07. The van der Waals surface area contributed by atoms with Gasteiger partial charge in [-0.3, -0.25) is 0 Å². The van der Waals surface area contributed by atoms with Crippen molar-refractivity contribution in [3.8, 4) is 0 Å². The van der Waals surface area contributed by atoms with Gasteiger partial charge in [0.1, 0.15) is 0 Å². The largest absolute Gasteiger partial charge is 0.396 e. The molecule has 0 aromatic heterocycles. The monoisotopic (exact) mass is 290 g/mol. The molecule has 4 heteroatoms. The van der Waals surface area contributed by atoms with Crippen LogP contribution in [0.5, 0.6) is 0 Å². The number of hydrogen-bond acceptors (Lipinski definition) is 4. The fourth-order valence-electron chi connectivity index (χ4n) is 2.76. The Bertz CT molecular complexity index is 295. The van der Waals surface area contributed by atoms with E-state index in [9.17, 15) is 20.4 Å². The molecule has 4 N–H and O–H groups in total. The van der Waals surface area contributed by atoms with Crippen molar-refractivity contribution in [2.24, 2.45) is 16.7 Å². The third-order valence-electron chi connectivity index (χ3n) is 4.68. The maximum atomic E-state index is 10.5. The molecule has 0 amide bonds. The standard InChI is InChI=1S/C16H34O4/c1-11(12(2)18)15(5,6)13(19)8-16(7,20)9-14(3,4)10-17/h11-13,17-20H,8-10H2,1-7H3. The lowest BCUT2D eigenvalue weighted by Gasteiger charge is -2.42. The summed E-state index contributed by atoms with van der Waals surface area (Å²) in [6.07, 6.45) is -0.609. The zero-order chi connectivity index (χ0) is 16.4.